The molecule has 1 unspecified atom stereocenters. The van der Waals surface area contributed by atoms with Crippen LogP contribution in [0.15, 0.2) is 0 Å². The van der Waals surface area contributed by atoms with Gasteiger partial charge in [0.05, 0.1) is 6.42 Å². The van der Waals surface area contributed by atoms with Crippen molar-refractivity contribution in [3.05, 3.63) is 0 Å². The lowest BCUT2D eigenvalue weighted by Crippen LogP contribution is -2.48. The summed E-state index contributed by atoms with van der Waals surface area (Å²) in [6, 6.07) is -0.427. The van der Waals surface area contributed by atoms with Gasteiger partial charge in [-0.25, -0.2) is 4.79 Å². The van der Waals surface area contributed by atoms with E-state index < -0.39 is 5.97 Å². The Morgan fingerprint density at radius 3 is 2.67 bits per heavy atom. The molecule has 2 amide bonds. The SMILES string of the molecule is CC(C)C(CC(=O)O)NC(=O)N1CCCSCC1. The summed E-state index contributed by atoms with van der Waals surface area (Å²) in [4.78, 5) is 24.6. The molecule has 6 heteroatoms. The van der Waals surface area contributed by atoms with Gasteiger partial charge in [-0.2, -0.15) is 11.8 Å². The average Bonchev–Trinajstić information content (AvgIpc) is 2.55. The normalized spacial score (nSPS) is 18.3. The third kappa shape index (κ3) is 5.16. The summed E-state index contributed by atoms with van der Waals surface area (Å²) in [6.07, 6.45) is 0.982. The number of hydrogen-bond acceptors (Lipinski definition) is 3. The lowest BCUT2D eigenvalue weighted by Gasteiger charge is -2.26. The molecule has 0 aromatic rings. The van der Waals surface area contributed by atoms with Crippen LogP contribution in [0.3, 0.4) is 0 Å². The maximum atomic E-state index is 12.1. The maximum Gasteiger partial charge on any atom is 0.317 e. The monoisotopic (exact) mass is 274 g/mol. The van der Waals surface area contributed by atoms with Gasteiger partial charge < -0.3 is 15.3 Å². The van der Waals surface area contributed by atoms with Crippen LogP contribution < -0.4 is 5.32 Å². The van der Waals surface area contributed by atoms with Crippen LogP contribution in [0.2, 0.25) is 0 Å². The number of carboxylic acid groups (broad SMARTS) is 1. The van der Waals surface area contributed by atoms with Crippen molar-refractivity contribution in [3.63, 3.8) is 0 Å². The van der Waals surface area contributed by atoms with E-state index >= 15 is 0 Å². The van der Waals surface area contributed by atoms with Crippen LogP contribution in [0.4, 0.5) is 4.79 Å². The number of urea groups is 1. The molecule has 0 aliphatic carbocycles. The molecule has 0 radical (unpaired) electrons. The van der Waals surface area contributed by atoms with E-state index in [9.17, 15) is 9.59 Å². The van der Waals surface area contributed by atoms with Crippen LogP contribution in [0.5, 0.6) is 0 Å². The van der Waals surface area contributed by atoms with Gasteiger partial charge in [0, 0.05) is 24.9 Å². The number of nitrogens with one attached hydrogen (secondary N) is 1. The second-order valence-corrected chi connectivity index (χ2v) is 6.08. The lowest BCUT2D eigenvalue weighted by molar-refractivity contribution is -0.137. The second kappa shape index (κ2) is 7.51. The van der Waals surface area contributed by atoms with E-state index in [4.69, 9.17) is 5.11 Å². The smallest absolute Gasteiger partial charge is 0.317 e. The van der Waals surface area contributed by atoms with E-state index in [1.54, 1.807) is 4.90 Å². The van der Waals surface area contributed by atoms with Crippen molar-refractivity contribution < 1.29 is 14.7 Å². The minimum atomic E-state index is -0.875. The Kier molecular flexibility index (Phi) is 6.32. The van der Waals surface area contributed by atoms with Gasteiger partial charge in [0.2, 0.25) is 0 Å². The van der Waals surface area contributed by atoms with E-state index in [0.717, 1.165) is 31.0 Å². The summed E-state index contributed by atoms with van der Waals surface area (Å²) >= 11 is 1.86. The molecule has 1 heterocycles. The molecule has 0 saturated carbocycles. The number of rotatable bonds is 4. The first kappa shape index (κ1) is 15.1. The Balaban J connectivity index is 2.51. The van der Waals surface area contributed by atoms with Crippen molar-refractivity contribution in [2.24, 2.45) is 5.92 Å². The first-order valence-corrected chi connectivity index (χ1v) is 7.51. The van der Waals surface area contributed by atoms with E-state index in [2.05, 4.69) is 5.32 Å². The molecule has 0 aromatic heterocycles. The highest BCUT2D eigenvalue weighted by molar-refractivity contribution is 7.99. The van der Waals surface area contributed by atoms with Crippen LogP contribution in [-0.4, -0.2) is 52.6 Å². The largest absolute Gasteiger partial charge is 0.481 e. The summed E-state index contributed by atoms with van der Waals surface area (Å²) in [5, 5.41) is 11.7. The fourth-order valence-corrected chi connectivity index (χ4v) is 2.73. The van der Waals surface area contributed by atoms with Gasteiger partial charge in [-0.05, 0) is 18.1 Å². The number of hydrogen-bond donors (Lipinski definition) is 2. The van der Waals surface area contributed by atoms with Gasteiger partial charge in [-0.3, -0.25) is 4.79 Å². The average molecular weight is 274 g/mol. The molecule has 1 fully saturated rings. The molecule has 1 atom stereocenters. The molecule has 0 spiro atoms. The number of amides is 2. The molecule has 1 saturated heterocycles. The quantitative estimate of drug-likeness (QED) is 0.817. The zero-order valence-electron chi connectivity index (χ0n) is 11.0. The molecule has 18 heavy (non-hydrogen) atoms. The first-order chi connectivity index (χ1) is 8.50. The Hall–Kier alpha value is -0.910. The number of thioether (sulfide) groups is 1. The van der Waals surface area contributed by atoms with Crippen molar-refractivity contribution in [3.8, 4) is 0 Å². The Morgan fingerprint density at radius 2 is 2.06 bits per heavy atom. The Bertz CT molecular complexity index is 289. The second-order valence-electron chi connectivity index (χ2n) is 4.85. The molecule has 1 aliphatic heterocycles. The van der Waals surface area contributed by atoms with E-state index in [0.29, 0.717) is 0 Å². The lowest BCUT2D eigenvalue weighted by atomic mass is 10.0. The molecular weight excluding hydrogens is 252 g/mol. The van der Waals surface area contributed by atoms with Crippen LogP contribution >= 0.6 is 11.8 Å². The van der Waals surface area contributed by atoms with Crippen LogP contribution in [0.1, 0.15) is 26.7 Å². The molecule has 5 nitrogen and oxygen atoms in total. The molecule has 1 rings (SSSR count). The van der Waals surface area contributed by atoms with Gasteiger partial charge >= 0.3 is 12.0 Å². The van der Waals surface area contributed by atoms with Crippen LogP contribution in [-0.2, 0) is 4.79 Å². The summed E-state index contributed by atoms with van der Waals surface area (Å²) in [6.45, 7) is 5.35. The standard InChI is InChI=1S/C12H22N2O3S/c1-9(2)10(8-11(15)16)13-12(17)14-4-3-6-18-7-5-14/h9-10H,3-8H2,1-2H3,(H,13,17)(H,15,16). The van der Waals surface area contributed by atoms with E-state index in [-0.39, 0.29) is 24.4 Å². The number of aliphatic carboxylic acids is 1. The van der Waals surface area contributed by atoms with Gasteiger partial charge in [0.25, 0.3) is 0 Å². The fraction of sp³-hybridized carbons (Fsp3) is 0.833. The number of carbonyl (C=O) groups is 2. The molecular formula is C12H22N2O3S. The highest BCUT2D eigenvalue weighted by Crippen LogP contribution is 2.12. The van der Waals surface area contributed by atoms with Crippen molar-refractivity contribution in [2.45, 2.75) is 32.7 Å². The number of carboxylic acids is 1. The zero-order chi connectivity index (χ0) is 13.5. The minimum Gasteiger partial charge on any atom is -0.481 e. The van der Waals surface area contributed by atoms with Crippen molar-refractivity contribution >= 4 is 23.8 Å². The van der Waals surface area contributed by atoms with Gasteiger partial charge in [0.15, 0.2) is 0 Å². The van der Waals surface area contributed by atoms with E-state index in [1.807, 2.05) is 25.6 Å². The summed E-state index contributed by atoms with van der Waals surface area (Å²) < 4.78 is 0. The first-order valence-electron chi connectivity index (χ1n) is 6.35. The molecule has 104 valence electrons. The Labute approximate surface area is 112 Å². The zero-order valence-corrected chi connectivity index (χ0v) is 11.8. The summed E-state index contributed by atoms with van der Waals surface area (Å²) in [5.74, 6) is 1.29. The highest BCUT2D eigenvalue weighted by atomic mass is 32.2. The van der Waals surface area contributed by atoms with Gasteiger partial charge in [-0.1, -0.05) is 13.8 Å². The highest BCUT2D eigenvalue weighted by Gasteiger charge is 2.22. The van der Waals surface area contributed by atoms with E-state index in [1.165, 1.54) is 0 Å². The number of carbonyl (C=O) groups excluding carboxylic acids is 1. The third-order valence-electron chi connectivity index (χ3n) is 3.02. The van der Waals surface area contributed by atoms with Crippen molar-refractivity contribution in [1.29, 1.82) is 0 Å². The van der Waals surface area contributed by atoms with Crippen LogP contribution in [0, 0.1) is 5.92 Å². The molecule has 1 aliphatic rings. The van der Waals surface area contributed by atoms with Crippen molar-refractivity contribution in [2.75, 3.05) is 24.6 Å². The predicted octanol–water partition coefficient (Wildman–Crippen LogP) is 1.63. The maximum absolute atomic E-state index is 12.1. The Morgan fingerprint density at radius 1 is 1.33 bits per heavy atom. The van der Waals surface area contributed by atoms with Crippen molar-refractivity contribution in [1.82, 2.24) is 10.2 Å². The molecule has 0 aromatic carbocycles. The fourth-order valence-electron chi connectivity index (χ4n) is 1.84. The van der Waals surface area contributed by atoms with Gasteiger partial charge in [-0.15, -0.1) is 0 Å². The molecule has 0 bridgehead atoms. The molecule has 2 N–H and O–H groups in total. The predicted molar refractivity (Wildman–Crippen MR) is 72.9 cm³/mol. The topological polar surface area (TPSA) is 69.6 Å². The third-order valence-corrected chi connectivity index (χ3v) is 4.07. The van der Waals surface area contributed by atoms with Gasteiger partial charge in [0.1, 0.15) is 0 Å². The summed E-state index contributed by atoms with van der Waals surface area (Å²) in [7, 11) is 0. The van der Waals surface area contributed by atoms with Crippen LogP contribution in [0.25, 0.3) is 0 Å². The number of nitrogens with zero attached hydrogens (tertiary/aromatic N) is 1. The minimum absolute atomic E-state index is 0.0218. The summed E-state index contributed by atoms with van der Waals surface area (Å²) in [5.41, 5.74) is 0.